The van der Waals surface area contributed by atoms with Gasteiger partial charge in [0.2, 0.25) is 0 Å². The number of rotatable bonds is 5. The summed E-state index contributed by atoms with van der Waals surface area (Å²) in [6.07, 6.45) is 2.02. The van der Waals surface area contributed by atoms with Crippen molar-refractivity contribution in [3.05, 3.63) is 71.2 Å². The van der Waals surface area contributed by atoms with Crippen LogP contribution in [0, 0.1) is 0 Å². The second-order valence-electron chi connectivity index (χ2n) is 6.43. The molecule has 1 fully saturated rings. The predicted octanol–water partition coefficient (Wildman–Crippen LogP) is 4.39. The molecule has 2 heterocycles. The second kappa shape index (κ2) is 9.33. The van der Waals surface area contributed by atoms with Crippen molar-refractivity contribution in [2.45, 2.75) is 12.6 Å². The molecular weight excluding hydrogens is 378 g/mol. The Balaban J connectivity index is 0.00000210. The van der Waals surface area contributed by atoms with Crippen LogP contribution >= 0.6 is 23.7 Å². The van der Waals surface area contributed by atoms with E-state index in [1.165, 1.54) is 16.0 Å². The van der Waals surface area contributed by atoms with Crippen LogP contribution in [-0.4, -0.2) is 36.6 Å². The van der Waals surface area contributed by atoms with E-state index in [4.69, 9.17) is 4.74 Å². The number of benzene rings is 2. The van der Waals surface area contributed by atoms with Crippen LogP contribution in [0.2, 0.25) is 0 Å². The van der Waals surface area contributed by atoms with Crippen LogP contribution in [0.3, 0.4) is 0 Å². The minimum Gasteiger partial charge on any atom is -0.496 e. The monoisotopic (exact) mass is 401 g/mol. The van der Waals surface area contributed by atoms with Gasteiger partial charge in [0.25, 0.3) is 0 Å². The molecule has 1 atom stereocenters. The number of aromatic nitrogens is 1. The molecule has 142 valence electrons. The normalized spacial score (nSPS) is 17.3. The zero-order chi connectivity index (χ0) is 17.8. The highest BCUT2D eigenvalue weighted by Crippen LogP contribution is 2.33. The van der Waals surface area contributed by atoms with E-state index in [2.05, 4.69) is 51.6 Å². The maximum Gasteiger partial charge on any atom is 0.123 e. The molecule has 0 amide bonds. The first-order valence-electron chi connectivity index (χ1n) is 8.93. The van der Waals surface area contributed by atoms with E-state index in [0.29, 0.717) is 6.04 Å². The van der Waals surface area contributed by atoms with Gasteiger partial charge in [-0.05, 0) is 6.07 Å². The van der Waals surface area contributed by atoms with Crippen LogP contribution in [-0.2, 0) is 6.54 Å². The van der Waals surface area contributed by atoms with E-state index in [1.54, 1.807) is 18.4 Å². The van der Waals surface area contributed by atoms with Gasteiger partial charge in [-0.25, -0.2) is 4.98 Å². The summed E-state index contributed by atoms with van der Waals surface area (Å²) in [6, 6.07) is 19.0. The Morgan fingerprint density at radius 1 is 1.15 bits per heavy atom. The Hall–Kier alpha value is -1.92. The molecule has 1 aliphatic rings. The van der Waals surface area contributed by atoms with Gasteiger partial charge < -0.3 is 10.1 Å². The number of hydrogen-bond donors (Lipinski definition) is 1. The molecule has 4 nitrogen and oxygen atoms in total. The Labute approximate surface area is 170 Å². The van der Waals surface area contributed by atoms with Crippen molar-refractivity contribution in [1.29, 1.82) is 0 Å². The van der Waals surface area contributed by atoms with Gasteiger partial charge in [-0.2, -0.15) is 0 Å². The summed E-state index contributed by atoms with van der Waals surface area (Å²) in [5.74, 6) is 0.959. The third kappa shape index (κ3) is 4.50. The molecule has 1 N–H and O–H groups in total. The zero-order valence-electron chi connectivity index (χ0n) is 15.3. The van der Waals surface area contributed by atoms with Crippen molar-refractivity contribution in [2.75, 3.05) is 26.7 Å². The van der Waals surface area contributed by atoms with Crippen LogP contribution in [0.25, 0.3) is 10.6 Å². The summed E-state index contributed by atoms with van der Waals surface area (Å²) in [6.45, 7) is 3.87. The smallest absolute Gasteiger partial charge is 0.123 e. The lowest BCUT2D eigenvalue weighted by Crippen LogP contribution is -2.45. The lowest BCUT2D eigenvalue weighted by molar-refractivity contribution is 0.152. The molecule has 2 aromatic carbocycles. The van der Waals surface area contributed by atoms with Gasteiger partial charge in [0.1, 0.15) is 10.8 Å². The molecule has 1 unspecified atom stereocenters. The number of ether oxygens (including phenoxy) is 1. The molecule has 0 spiro atoms. The van der Waals surface area contributed by atoms with Gasteiger partial charge in [0.05, 0.1) is 13.2 Å². The molecule has 1 aromatic heterocycles. The van der Waals surface area contributed by atoms with E-state index in [9.17, 15) is 0 Å². The van der Waals surface area contributed by atoms with Crippen LogP contribution in [0.4, 0.5) is 0 Å². The van der Waals surface area contributed by atoms with Crippen molar-refractivity contribution in [1.82, 2.24) is 15.2 Å². The molecule has 27 heavy (non-hydrogen) atoms. The largest absolute Gasteiger partial charge is 0.496 e. The summed E-state index contributed by atoms with van der Waals surface area (Å²) in [5, 5.41) is 4.61. The summed E-state index contributed by atoms with van der Waals surface area (Å²) in [4.78, 5) is 8.46. The molecule has 3 aromatic rings. The van der Waals surface area contributed by atoms with Crippen molar-refractivity contribution < 1.29 is 4.74 Å². The first-order chi connectivity index (χ1) is 12.8. The van der Waals surface area contributed by atoms with E-state index in [1.807, 2.05) is 24.4 Å². The van der Waals surface area contributed by atoms with Crippen LogP contribution in [0.5, 0.6) is 5.75 Å². The highest BCUT2D eigenvalue weighted by Gasteiger charge is 2.26. The van der Waals surface area contributed by atoms with Gasteiger partial charge in [0.15, 0.2) is 0 Å². The lowest BCUT2D eigenvalue weighted by Gasteiger charge is -2.36. The summed E-state index contributed by atoms with van der Waals surface area (Å²) in [5.41, 5.74) is 2.43. The number of nitrogens with zero attached hydrogens (tertiary/aromatic N) is 2. The lowest BCUT2D eigenvalue weighted by atomic mass is 10.0. The summed E-state index contributed by atoms with van der Waals surface area (Å²) < 4.78 is 5.59. The molecule has 0 bridgehead atoms. The molecular formula is C21H24ClN3OS. The molecule has 1 aliphatic heterocycles. The topological polar surface area (TPSA) is 37.4 Å². The number of piperazine rings is 1. The molecule has 0 radical (unpaired) electrons. The molecule has 0 aliphatic carbocycles. The van der Waals surface area contributed by atoms with E-state index >= 15 is 0 Å². The summed E-state index contributed by atoms with van der Waals surface area (Å²) >= 11 is 1.78. The number of methoxy groups -OCH3 is 1. The third-order valence-corrected chi connectivity index (χ3v) is 5.82. The maximum atomic E-state index is 5.59. The van der Waals surface area contributed by atoms with Crippen LogP contribution < -0.4 is 10.1 Å². The predicted molar refractivity (Wildman–Crippen MR) is 114 cm³/mol. The van der Waals surface area contributed by atoms with E-state index < -0.39 is 0 Å². The van der Waals surface area contributed by atoms with Crippen molar-refractivity contribution in [3.63, 3.8) is 0 Å². The fourth-order valence-electron chi connectivity index (χ4n) is 3.48. The van der Waals surface area contributed by atoms with Gasteiger partial charge in [0, 0.05) is 48.4 Å². The number of halogens is 1. The minimum absolute atomic E-state index is 0. The standard InChI is InChI=1S/C21H23N3OS.ClH/c1-25-20-10-6-5-9-18(20)19-14-22-11-12-24(19)15-17-13-23-21(26-17)16-7-3-2-4-8-16;/h2-10,13,19,22H,11-12,14-15H2,1H3;1H. The van der Waals surface area contributed by atoms with E-state index in [0.717, 1.165) is 36.9 Å². The zero-order valence-corrected chi connectivity index (χ0v) is 16.9. The first-order valence-corrected chi connectivity index (χ1v) is 9.74. The van der Waals surface area contributed by atoms with Crippen LogP contribution in [0.1, 0.15) is 16.5 Å². The summed E-state index contributed by atoms with van der Waals surface area (Å²) in [7, 11) is 1.74. The molecule has 1 saturated heterocycles. The molecule has 6 heteroatoms. The maximum absolute atomic E-state index is 5.59. The van der Waals surface area contributed by atoms with Gasteiger partial charge >= 0.3 is 0 Å². The van der Waals surface area contributed by atoms with Gasteiger partial charge in [-0.15, -0.1) is 23.7 Å². The first kappa shape index (κ1) is 19.8. The van der Waals surface area contributed by atoms with Crippen LogP contribution in [0.15, 0.2) is 60.8 Å². The number of nitrogens with one attached hydrogen (secondary N) is 1. The molecule has 0 saturated carbocycles. The highest BCUT2D eigenvalue weighted by molar-refractivity contribution is 7.15. The average Bonchev–Trinajstić information content (AvgIpc) is 3.18. The fourth-order valence-corrected chi connectivity index (χ4v) is 4.42. The quantitative estimate of drug-likeness (QED) is 0.688. The Morgan fingerprint density at radius 2 is 1.93 bits per heavy atom. The third-order valence-electron chi connectivity index (χ3n) is 4.79. The minimum atomic E-state index is 0. The number of para-hydroxylation sites is 1. The SMILES string of the molecule is COc1ccccc1C1CNCCN1Cc1cnc(-c2ccccc2)s1.Cl. The second-order valence-corrected chi connectivity index (χ2v) is 7.55. The average molecular weight is 402 g/mol. The van der Waals surface area contributed by atoms with E-state index in [-0.39, 0.29) is 12.4 Å². The van der Waals surface area contributed by atoms with Gasteiger partial charge in [-0.1, -0.05) is 48.5 Å². The molecule has 4 rings (SSSR count). The van der Waals surface area contributed by atoms with Crippen molar-refractivity contribution in [3.8, 4) is 16.3 Å². The van der Waals surface area contributed by atoms with Crippen molar-refractivity contribution >= 4 is 23.7 Å². The number of hydrogen-bond acceptors (Lipinski definition) is 5. The van der Waals surface area contributed by atoms with Gasteiger partial charge in [-0.3, -0.25) is 4.90 Å². The number of thiazole rings is 1. The Bertz CT molecular complexity index is 855. The van der Waals surface area contributed by atoms with Crippen molar-refractivity contribution in [2.24, 2.45) is 0 Å². The Kier molecular flexibility index (Phi) is 6.85. The highest BCUT2D eigenvalue weighted by atomic mass is 35.5. The Morgan fingerprint density at radius 3 is 2.74 bits per heavy atom. The fraction of sp³-hybridized carbons (Fsp3) is 0.286.